The van der Waals surface area contributed by atoms with E-state index in [2.05, 4.69) is 36.3 Å². The molecule has 2 rings (SSSR count). The Morgan fingerprint density at radius 1 is 1.20 bits per heavy atom. The van der Waals surface area contributed by atoms with Crippen LogP contribution in [0.5, 0.6) is 0 Å². The van der Waals surface area contributed by atoms with Crippen LogP contribution in [0.3, 0.4) is 0 Å². The maximum atomic E-state index is 11.8. The summed E-state index contributed by atoms with van der Waals surface area (Å²) >= 11 is 0. The van der Waals surface area contributed by atoms with Crippen molar-refractivity contribution in [2.75, 3.05) is 6.54 Å². The fraction of sp³-hybridized carbons (Fsp3) is 0.312. The summed E-state index contributed by atoms with van der Waals surface area (Å²) in [5.74, 6) is 0.372. The monoisotopic (exact) mass is 271 g/mol. The lowest BCUT2D eigenvalue weighted by atomic mass is 9.99. The predicted octanol–water partition coefficient (Wildman–Crippen LogP) is 2.57. The van der Waals surface area contributed by atoms with E-state index < -0.39 is 0 Å². The number of nitrogens with two attached hydrogens (primary N) is 1. The van der Waals surface area contributed by atoms with E-state index in [0.29, 0.717) is 18.2 Å². The van der Waals surface area contributed by atoms with Crippen LogP contribution in [0.2, 0.25) is 0 Å². The van der Waals surface area contributed by atoms with Gasteiger partial charge in [-0.3, -0.25) is 4.79 Å². The number of H-pyrrole nitrogens is 1. The highest BCUT2D eigenvalue weighted by molar-refractivity contribution is 5.92. The highest BCUT2D eigenvalue weighted by Crippen LogP contribution is 2.17. The van der Waals surface area contributed by atoms with E-state index in [-0.39, 0.29) is 11.9 Å². The van der Waals surface area contributed by atoms with Gasteiger partial charge in [0.2, 0.25) is 0 Å². The van der Waals surface area contributed by atoms with Gasteiger partial charge < -0.3 is 16.0 Å². The molecular weight excluding hydrogens is 250 g/mol. The molecule has 2 aromatic rings. The van der Waals surface area contributed by atoms with Crippen molar-refractivity contribution in [1.82, 2.24) is 10.3 Å². The Hall–Kier alpha value is -2.07. The second-order valence-corrected chi connectivity index (χ2v) is 5.22. The molecule has 0 aliphatic carbocycles. The van der Waals surface area contributed by atoms with E-state index in [9.17, 15) is 4.79 Å². The Kier molecular flexibility index (Phi) is 4.58. The van der Waals surface area contributed by atoms with Crippen molar-refractivity contribution < 1.29 is 4.79 Å². The fourth-order valence-corrected chi connectivity index (χ4v) is 2.02. The molecule has 20 heavy (non-hydrogen) atoms. The van der Waals surface area contributed by atoms with Crippen molar-refractivity contribution >= 4 is 5.91 Å². The fourth-order valence-electron chi connectivity index (χ4n) is 2.02. The molecule has 1 unspecified atom stereocenters. The number of aromatic nitrogens is 1. The Labute approximate surface area is 119 Å². The van der Waals surface area contributed by atoms with Crippen molar-refractivity contribution in [3.05, 3.63) is 59.4 Å². The van der Waals surface area contributed by atoms with Crippen LogP contribution in [-0.4, -0.2) is 17.4 Å². The van der Waals surface area contributed by atoms with E-state index in [1.807, 2.05) is 12.1 Å². The van der Waals surface area contributed by atoms with Crippen molar-refractivity contribution in [2.45, 2.75) is 25.8 Å². The Balaban J connectivity index is 1.91. The minimum Gasteiger partial charge on any atom is -0.357 e. The van der Waals surface area contributed by atoms with Gasteiger partial charge >= 0.3 is 0 Å². The van der Waals surface area contributed by atoms with Crippen LogP contribution >= 0.6 is 0 Å². The van der Waals surface area contributed by atoms with Gasteiger partial charge in [-0.05, 0) is 29.2 Å². The average Bonchev–Trinajstić information content (AvgIpc) is 2.98. The second kappa shape index (κ2) is 6.39. The smallest absolute Gasteiger partial charge is 0.267 e. The van der Waals surface area contributed by atoms with Crippen molar-refractivity contribution in [3.63, 3.8) is 0 Å². The predicted molar refractivity (Wildman–Crippen MR) is 80.6 cm³/mol. The van der Waals surface area contributed by atoms with Crippen LogP contribution in [0.15, 0.2) is 42.6 Å². The van der Waals surface area contributed by atoms with Crippen LogP contribution < -0.4 is 11.1 Å². The first-order valence-electron chi connectivity index (χ1n) is 6.85. The zero-order chi connectivity index (χ0) is 14.5. The van der Waals surface area contributed by atoms with Crippen molar-refractivity contribution in [1.29, 1.82) is 0 Å². The number of aromatic amines is 1. The molecule has 1 atom stereocenters. The van der Waals surface area contributed by atoms with Gasteiger partial charge in [-0.1, -0.05) is 38.1 Å². The summed E-state index contributed by atoms with van der Waals surface area (Å²) in [6.45, 7) is 4.73. The van der Waals surface area contributed by atoms with E-state index in [1.165, 1.54) is 5.56 Å². The number of nitrogens with one attached hydrogen (secondary N) is 2. The van der Waals surface area contributed by atoms with Crippen molar-refractivity contribution in [3.8, 4) is 0 Å². The normalized spacial score (nSPS) is 12.4. The number of amides is 1. The standard InChI is InChI=1S/C16H21N3O/c1-11(2)12-5-7-13(8-6-12)14(17)10-19-16(20)15-4-3-9-18-15/h3-9,11,14,18H,10,17H2,1-2H3,(H,19,20). The number of benzene rings is 1. The molecule has 1 amide bonds. The molecule has 0 aliphatic rings. The molecule has 0 saturated heterocycles. The molecule has 0 fully saturated rings. The topological polar surface area (TPSA) is 70.9 Å². The summed E-state index contributed by atoms with van der Waals surface area (Å²) in [4.78, 5) is 14.7. The van der Waals surface area contributed by atoms with Gasteiger partial charge in [0.15, 0.2) is 0 Å². The molecule has 4 heteroatoms. The SMILES string of the molecule is CC(C)c1ccc(C(N)CNC(=O)c2ccc[nH]2)cc1. The summed E-state index contributed by atoms with van der Waals surface area (Å²) in [6, 6.07) is 11.6. The van der Waals surface area contributed by atoms with Gasteiger partial charge in [-0.2, -0.15) is 0 Å². The number of carbonyl (C=O) groups is 1. The van der Waals surface area contributed by atoms with E-state index >= 15 is 0 Å². The molecule has 0 bridgehead atoms. The van der Waals surface area contributed by atoms with Crippen LogP contribution in [0.4, 0.5) is 0 Å². The lowest BCUT2D eigenvalue weighted by Gasteiger charge is -2.14. The van der Waals surface area contributed by atoms with Crippen molar-refractivity contribution in [2.24, 2.45) is 5.73 Å². The lowest BCUT2D eigenvalue weighted by Crippen LogP contribution is -2.32. The van der Waals surface area contributed by atoms with E-state index in [1.54, 1.807) is 18.3 Å². The molecule has 1 heterocycles. The molecule has 0 saturated carbocycles. The maximum absolute atomic E-state index is 11.8. The Bertz CT molecular complexity index is 544. The minimum atomic E-state index is -0.199. The summed E-state index contributed by atoms with van der Waals surface area (Å²) in [6.07, 6.45) is 1.72. The maximum Gasteiger partial charge on any atom is 0.267 e. The highest BCUT2D eigenvalue weighted by Gasteiger charge is 2.10. The molecule has 1 aromatic carbocycles. The third-order valence-corrected chi connectivity index (χ3v) is 3.36. The Morgan fingerprint density at radius 2 is 1.85 bits per heavy atom. The molecule has 0 aliphatic heterocycles. The first-order chi connectivity index (χ1) is 9.58. The largest absolute Gasteiger partial charge is 0.357 e. The molecular formula is C16H21N3O. The van der Waals surface area contributed by atoms with E-state index in [0.717, 1.165) is 5.56 Å². The summed E-state index contributed by atoms with van der Waals surface area (Å²) in [5.41, 5.74) is 8.96. The Morgan fingerprint density at radius 3 is 2.40 bits per heavy atom. The number of carbonyl (C=O) groups excluding carboxylic acids is 1. The zero-order valence-electron chi connectivity index (χ0n) is 11.9. The summed E-state index contributed by atoms with van der Waals surface area (Å²) in [5, 5.41) is 2.83. The van der Waals surface area contributed by atoms with Crippen LogP contribution in [0.1, 0.15) is 47.4 Å². The highest BCUT2D eigenvalue weighted by atomic mass is 16.1. The van der Waals surface area contributed by atoms with Gasteiger partial charge in [0.1, 0.15) is 5.69 Å². The van der Waals surface area contributed by atoms with Gasteiger partial charge in [0, 0.05) is 18.8 Å². The number of hydrogen-bond acceptors (Lipinski definition) is 2. The van der Waals surface area contributed by atoms with Crippen LogP contribution in [0, 0.1) is 0 Å². The molecule has 4 nitrogen and oxygen atoms in total. The quantitative estimate of drug-likeness (QED) is 0.782. The summed E-state index contributed by atoms with van der Waals surface area (Å²) < 4.78 is 0. The van der Waals surface area contributed by atoms with E-state index in [4.69, 9.17) is 5.73 Å². The number of rotatable bonds is 5. The molecule has 106 valence electrons. The van der Waals surface area contributed by atoms with Crippen LogP contribution in [0.25, 0.3) is 0 Å². The van der Waals surface area contributed by atoms with Gasteiger partial charge in [-0.15, -0.1) is 0 Å². The average molecular weight is 271 g/mol. The molecule has 0 spiro atoms. The first-order valence-corrected chi connectivity index (χ1v) is 6.85. The minimum absolute atomic E-state index is 0.135. The molecule has 4 N–H and O–H groups in total. The zero-order valence-corrected chi connectivity index (χ0v) is 11.9. The van der Waals surface area contributed by atoms with Crippen LogP contribution in [-0.2, 0) is 0 Å². The molecule has 0 radical (unpaired) electrons. The van der Waals surface area contributed by atoms with Gasteiger partial charge in [-0.25, -0.2) is 0 Å². The first kappa shape index (κ1) is 14.3. The third kappa shape index (κ3) is 3.48. The second-order valence-electron chi connectivity index (χ2n) is 5.22. The molecule has 1 aromatic heterocycles. The lowest BCUT2D eigenvalue weighted by molar-refractivity contribution is 0.0947. The third-order valence-electron chi connectivity index (χ3n) is 3.36. The van der Waals surface area contributed by atoms with Gasteiger partial charge in [0.25, 0.3) is 5.91 Å². The number of hydrogen-bond donors (Lipinski definition) is 3. The van der Waals surface area contributed by atoms with Gasteiger partial charge in [0.05, 0.1) is 0 Å². The summed E-state index contributed by atoms with van der Waals surface area (Å²) in [7, 11) is 0.